The van der Waals surface area contributed by atoms with E-state index in [9.17, 15) is 4.39 Å². The summed E-state index contributed by atoms with van der Waals surface area (Å²) in [6.45, 7) is 2.81. The van der Waals surface area contributed by atoms with Crippen LogP contribution in [0.5, 0.6) is 11.5 Å². The summed E-state index contributed by atoms with van der Waals surface area (Å²) >= 11 is 0. The van der Waals surface area contributed by atoms with Crippen molar-refractivity contribution in [1.82, 2.24) is 9.97 Å². The van der Waals surface area contributed by atoms with E-state index in [1.807, 2.05) is 31.2 Å². The van der Waals surface area contributed by atoms with Crippen molar-refractivity contribution in [2.75, 3.05) is 24.0 Å². The molecule has 0 amide bonds. The van der Waals surface area contributed by atoms with Gasteiger partial charge < -0.3 is 20.1 Å². The Morgan fingerprint density at radius 3 is 2.67 bits per heavy atom. The van der Waals surface area contributed by atoms with E-state index in [0.717, 1.165) is 29.1 Å². The van der Waals surface area contributed by atoms with Crippen LogP contribution >= 0.6 is 0 Å². The molecule has 2 heterocycles. The van der Waals surface area contributed by atoms with E-state index in [1.54, 1.807) is 12.1 Å². The Hall–Kier alpha value is -3.35. The maximum Gasteiger partial charge on any atom is 0.231 e. The minimum atomic E-state index is -0.229. The Balaban J connectivity index is 1.41. The fourth-order valence-electron chi connectivity index (χ4n) is 2.80. The zero-order valence-corrected chi connectivity index (χ0v) is 14.8. The molecule has 2 aromatic carbocycles. The lowest BCUT2D eigenvalue weighted by atomic mass is 10.1. The van der Waals surface area contributed by atoms with Gasteiger partial charge in [-0.15, -0.1) is 0 Å². The fraction of sp³-hybridized carbons (Fsp3) is 0.200. The summed E-state index contributed by atoms with van der Waals surface area (Å²) in [6, 6.07) is 14.0. The van der Waals surface area contributed by atoms with Gasteiger partial charge in [0.2, 0.25) is 12.7 Å². The molecule has 1 aliphatic rings. The molecule has 0 fully saturated rings. The van der Waals surface area contributed by atoms with Crippen molar-refractivity contribution in [2.24, 2.45) is 0 Å². The van der Waals surface area contributed by atoms with Gasteiger partial charge in [0, 0.05) is 30.1 Å². The summed E-state index contributed by atoms with van der Waals surface area (Å²) in [7, 11) is 0. The normalized spacial score (nSPS) is 12.1. The van der Waals surface area contributed by atoms with E-state index in [1.165, 1.54) is 12.1 Å². The van der Waals surface area contributed by atoms with E-state index < -0.39 is 0 Å². The van der Waals surface area contributed by atoms with Gasteiger partial charge in [-0.25, -0.2) is 9.37 Å². The van der Waals surface area contributed by atoms with Crippen LogP contribution in [0.25, 0.3) is 0 Å². The van der Waals surface area contributed by atoms with Crippen LogP contribution in [0.2, 0.25) is 0 Å². The molecule has 1 aliphatic heterocycles. The molecule has 0 aliphatic carbocycles. The first-order chi connectivity index (χ1) is 13.2. The first kappa shape index (κ1) is 17.1. The monoisotopic (exact) mass is 366 g/mol. The third-order valence-corrected chi connectivity index (χ3v) is 4.11. The molecule has 138 valence electrons. The lowest BCUT2D eigenvalue weighted by molar-refractivity contribution is 0.174. The number of ether oxygens (including phenoxy) is 2. The van der Waals surface area contributed by atoms with Crippen molar-refractivity contribution in [3.05, 3.63) is 65.6 Å². The first-order valence-corrected chi connectivity index (χ1v) is 8.66. The van der Waals surface area contributed by atoms with Gasteiger partial charge in [-0.2, -0.15) is 4.98 Å². The number of aryl methyl sites for hydroxylation is 1. The molecular formula is C20H19FN4O2. The lowest BCUT2D eigenvalue weighted by Crippen LogP contribution is -2.09. The quantitative estimate of drug-likeness (QED) is 0.686. The Labute approximate surface area is 156 Å². The maximum absolute atomic E-state index is 13.0. The van der Waals surface area contributed by atoms with E-state index in [-0.39, 0.29) is 12.6 Å². The maximum atomic E-state index is 13.0. The number of benzene rings is 2. The van der Waals surface area contributed by atoms with Crippen LogP contribution < -0.4 is 20.1 Å². The highest BCUT2D eigenvalue weighted by atomic mass is 19.1. The van der Waals surface area contributed by atoms with Crippen LogP contribution in [0, 0.1) is 12.7 Å². The van der Waals surface area contributed by atoms with Gasteiger partial charge in [0.25, 0.3) is 0 Å². The molecule has 0 saturated heterocycles. The molecule has 0 spiro atoms. The topological polar surface area (TPSA) is 68.3 Å². The average Bonchev–Trinajstić information content (AvgIpc) is 3.11. The van der Waals surface area contributed by atoms with Crippen molar-refractivity contribution >= 4 is 17.5 Å². The summed E-state index contributed by atoms with van der Waals surface area (Å²) in [5.41, 5.74) is 2.75. The van der Waals surface area contributed by atoms with Gasteiger partial charge in [-0.1, -0.05) is 12.1 Å². The number of halogens is 1. The first-order valence-electron chi connectivity index (χ1n) is 8.66. The number of nitrogens with zero attached hydrogens (tertiary/aromatic N) is 2. The molecule has 7 heteroatoms. The van der Waals surface area contributed by atoms with Crippen molar-refractivity contribution in [2.45, 2.75) is 13.3 Å². The predicted octanol–water partition coefficient (Wildman–Crippen LogP) is 4.05. The zero-order chi connectivity index (χ0) is 18.6. The van der Waals surface area contributed by atoms with Crippen LogP contribution in [0.15, 0.2) is 48.5 Å². The molecule has 0 radical (unpaired) electrons. The molecule has 6 nitrogen and oxygen atoms in total. The number of rotatable bonds is 6. The van der Waals surface area contributed by atoms with Gasteiger partial charge >= 0.3 is 0 Å². The lowest BCUT2D eigenvalue weighted by Gasteiger charge is -2.10. The Kier molecular flexibility index (Phi) is 4.74. The van der Waals surface area contributed by atoms with Gasteiger partial charge in [0.1, 0.15) is 11.6 Å². The van der Waals surface area contributed by atoms with Gasteiger partial charge in [-0.05, 0) is 43.2 Å². The standard InChI is InChI=1S/C20H19FN4O2/c1-13-10-19(24-16-6-7-17-18(11-16)27-12-26-17)25-20(23-13)22-9-8-14-2-4-15(21)5-3-14/h2-7,10-11H,8-9,12H2,1H3,(H2,22,23,24,25). The molecule has 0 atom stereocenters. The molecular weight excluding hydrogens is 347 g/mol. The molecule has 0 bridgehead atoms. The number of aromatic nitrogens is 2. The molecule has 0 unspecified atom stereocenters. The highest BCUT2D eigenvalue weighted by molar-refractivity contribution is 5.62. The molecule has 27 heavy (non-hydrogen) atoms. The molecule has 2 N–H and O–H groups in total. The SMILES string of the molecule is Cc1cc(Nc2ccc3c(c2)OCO3)nc(NCCc2ccc(F)cc2)n1. The Morgan fingerprint density at radius 2 is 1.81 bits per heavy atom. The van der Waals surface area contributed by atoms with Crippen molar-refractivity contribution in [3.63, 3.8) is 0 Å². The third-order valence-electron chi connectivity index (χ3n) is 4.11. The van der Waals surface area contributed by atoms with E-state index in [4.69, 9.17) is 9.47 Å². The third kappa shape index (κ3) is 4.25. The van der Waals surface area contributed by atoms with Gasteiger partial charge in [0.05, 0.1) is 0 Å². The summed E-state index contributed by atoms with van der Waals surface area (Å²) in [5, 5.41) is 6.48. The van der Waals surface area contributed by atoms with Crippen LogP contribution in [0.1, 0.15) is 11.3 Å². The van der Waals surface area contributed by atoms with Gasteiger partial charge in [-0.3, -0.25) is 0 Å². The van der Waals surface area contributed by atoms with Crippen LogP contribution in [-0.2, 0) is 6.42 Å². The second-order valence-electron chi connectivity index (χ2n) is 6.21. The second kappa shape index (κ2) is 7.49. The Bertz CT molecular complexity index is 947. The van der Waals surface area contributed by atoms with Crippen LogP contribution in [-0.4, -0.2) is 23.3 Å². The fourth-order valence-corrected chi connectivity index (χ4v) is 2.80. The number of hydrogen-bond acceptors (Lipinski definition) is 6. The summed E-state index contributed by atoms with van der Waals surface area (Å²) < 4.78 is 23.7. The van der Waals surface area contributed by atoms with E-state index >= 15 is 0 Å². The average molecular weight is 366 g/mol. The molecule has 0 saturated carbocycles. The van der Waals surface area contributed by atoms with E-state index in [2.05, 4.69) is 20.6 Å². The Morgan fingerprint density at radius 1 is 1.00 bits per heavy atom. The van der Waals surface area contributed by atoms with Crippen molar-refractivity contribution in [1.29, 1.82) is 0 Å². The second-order valence-corrected chi connectivity index (χ2v) is 6.21. The number of hydrogen-bond donors (Lipinski definition) is 2. The molecule has 3 aromatic rings. The summed E-state index contributed by atoms with van der Waals surface area (Å²) in [4.78, 5) is 8.91. The number of nitrogens with one attached hydrogen (secondary N) is 2. The van der Waals surface area contributed by atoms with Crippen molar-refractivity contribution < 1.29 is 13.9 Å². The minimum Gasteiger partial charge on any atom is -0.454 e. The zero-order valence-electron chi connectivity index (χ0n) is 14.8. The highest BCUT2D eigenvalue weighted by Gasteiger charge is 2.13. The highest BCUT2D eigenvalue weighted by Crippen LogP contribution is 2.35. The minimum absolute atomic E-state index is 0.229. The van der Waals surface area contributed by atoms with Gasteiger partial charge in [0.15, 0.2) is 11.5 Å². The summed E-state index contributed by atoms with van der Waals surface area (Å²) in [6.07, 6.45) is 0.752. The number of anilines is 3. The van der Waals surface area contributed by atoms with Crippen LogP contribution in [0.3, 0.4) is 0 Å². The van der Waals surface area contributed by atoms with Crippen molar-refractivity contribution in [3.8, 4) is 11.5 Å². The molecule has 4 rings (SSSR count). The predicted molar refractivity (Wildman–Crippen MR) is 101 cm³/mol. The molecule has 1 aromatic heterocycles. The summed E-state index contributed by atoms with van der Waals surface area (Å²) in [5.74, 6) is 2.45. The van der Waals surface area contributed by atoms with E-state index in [0.29, 0.717) is 24.1 Å². The van der Waals surface area contributed by atoms with Crippen LogP contribution in [0.4, 0.5) is 21.8 Å². The largest absolute Gasteiger partial charge is 0.454 e. The smallest absolute Gasteiger partial charge is 0.231 e. The number of fused-ring (bicyclic) bond motifs is 1.